The number of cyclic esters (lactones) is 1. The van der Waals surface area contributed by atoms with Crippen LogP contribution in [0.5, 0.6) is 0 Å². The van der Waals surface area contributed by atoms with E-state index in [1.165, 1.54) is 0 Å². The molecule has 64 valence electrons. The van der Waals surface area contributed by atoms with Gasteiger partial charge in [-0.25, -0.2) is 4.79 Å². The summed E-state index contributed by atoms with van der Waals surface area (Å²) in [5.41, 5.74) is 0. The third kappa shape index (κ3) is 3.37. The molecule has 0 amide bonds. The molecule has 1 heterocycles. The molecule has 1 atom stereocenters. The molecule has 11 heavy (non-hydrogen) atoms. The van der Waals surface area contributed by atoms with E-state index >= 15 is 0 Å². The summed E-state index contributed by atoms with van der Waals surface area (Å²) in [5.74, 6) is -0.230. The highest BCUT2D eigenvalue weighted by Crippen LogP contribution is 2.09. The van der Waals surface area contributed by atoms with Crippen LogP contribution in [-0.2, 0) is 14.3 Å². The Hall–Kier alpha value is 0.160. The van der Waals surface area contributed by atoms with Gasteiger partial charge >= 0.3 is 5.97 Å². The van der Waals surface area contributed by atoms with Crippen molar-refractivity contribution in [3.63, 3.8) is 0 Å². The van der Waals surface area contributed by atoms with Gasteiger partial charge in [-0.15, -0.1) is 0 Å². The van der Waals surface area contributed by atoms with Crippen molar-refractivity contribution in [2.45, 2.75) is 18.9 Å². The fourth-order valence-corrected chi connectivity index (χ4v) is 1.58. The summed E-state index contributed by atoms with van der Waals surface area (Å²) in [6.45, 7) is 0.801. The van der Waals surface area contributed by atoms with Gasteiger partial charge in [0.1, 0.15) is 12.7 Å². The van der Waals surface area contributed by atoms with Gasteiger partial charge in [0.2, 0.25) is 0 Å². The fourth-order valence-electron chi connectivity index (χ4n) is 0.956. The Labute approximate surface area is 79.6 Å². The Bertz CT molecular complexity index is 138. The lowest BCUT2D eigenvalue weighted by Crippen LogP contribution is -2.26. The minimum absolute atomic E-state index is 0.104. The van der Waals surface area contributed by atoms with Gasteiger partial charge in [-0.05, 0) is 12.8 Å². The molecule has 1 aliphatic rings. The number of alkyl halides is 1. The zero-order valence-electron chi connectivity index (χ0n) is 6.22. The highest BCUT2D eigenvalue weighted by atomic mass is 127. The summed E-state index contributed by atoms with van der Waals surface area (Å²) in [6.07, 6.45) is 2.02. The van der Waals surface area contributed by atoms with Crippen molar-refractivity contribution in [1.82, 2.24) is 0 Å². The molecular weight excluding hydrogens is 259 g/mol. The number of hydrogen-bond donors (Lipinski definition) is 0. The van der Waals surface area contributed by atoms with E-state index in [1.807, 2.05) is 0 Å². The Morgan fingerprint density at radius 3 is 3.18 bits per heavy atom. The zero-order chi connectivity index (χ0) is 8.10. The number of carbonyl (C=O) groups excluding carboxylic acids is 1. The quantitative estimate of drug-likeness (QED) is 0.407. The molecule has 0 radical (unpaired) electrons. The lowest BCUT2D eigenvalue weighted by atomic mass is 10.2. The third-order valence-corrected chi connectivity index (χ3v) is 2.49. The van der Waals surface area contributed by atoms with Crippen molar-refractivity contribution in [3.05, 3.63) is 0 Å². The number of rotatable bonds is 1. The van der Waals surface area contributed by atoms with Gasteiger partial charge in [-0.3, -0.25) is 0 Å². The smallest absolute Gasteiger partial charge is 0.332 e. The van der Waals surface area contributed by atoms with E-state index in [1.54, 1.807) is 0 Å². The summed E-state index contributed by atoms with van der Waals surface area (Å²) < 4.78 is 11.0. The van der Waals surface area contributed by atoms with E-state index in [0.29, 0.717) is 6.61 Å². The second-order valence-corrected chi connectivity index (χ2v) is 3.34. The van der Waals surface area contributed by atoms with Crippen molar-refractivity contribution in [3.8, 4) is 0 Å². The second-order valence-electron chi connectivity index (χ2n) is 2.46. The molecule has 0 aromatic rings. The van der Waals surface area contributed by atoms with Gasteiger partial charge in [0, 0.05) is 11.0 Å². The Morgan fingerprint density at radius 1 is 1.64 bits per heavy atom. The molecule has 1 unspecified atom stereocenters. The van der Waals surface area contributed by atoms with Gasteiger partial charge in [-0.2, -0.15) is 0 Å². The third-order valence-electron chi connectivity index (χ3n) is 1.50. The number of halogens is 1. The van der Waals surface area contributed by atoms with Crippen LogP contribution in [0, 0.1) is 0 Å². The zero-order valence-corrected chi connectivity index (χ0v) is 8.37. The molecule has 3 nitrogen and oxygen atoms in total. The van der Waals surface area contributed by atoms with Crippen LogP contribution in [0.15, 0.2) is 0 Å². The molecule has 0 aromatic carbocycles. The Morgan fingerprint density at radius 2 is 2.45 bits per heavy atom. The van der Waals surface area contributed by atoms with E-state index in [0.717, 1.165) is 17.3 Å². The molecule has 1 aliphatic heterocycles. The second kappa shape index (κ2) is 4.92. The van der Waals surface area contributed by atoms with E-state index in [2.05, 4.69) is 22.6 Å². The normalized spacial score (nSPS) is 27.0. The summed E-state index contributed by atoms with van der Waals surface area (Å²) in [7, 11) is 0. The highest BCUT2D eigenvalue weighted by Gasteiger charge is 2.15. The van der Waals surface area contributed by atoms with Gasteiger partial charge in [0.15, 0.2) is 0 Å². The Kier molecular flexibility index (Phi) is 4.14. The Balaban J connectivity index is 2.35. The average molecular weight is 270 g/mol. The van der Waals surface area contributed by atoms with Crippen LogP contribution >= 0.6 is 22.6 Å². The first-order valence-corrected chi connectivity index (χ1v) is 5.18. The van der Waals surface area contributed by atoms with E-state index < -0.39 is 0 Å². The molecule has 4 heteroatoms. The molecule has 0 bridgehead atoms. The monoisotopic (exact) mass is 270 g/mol. The standard InChI is InChI=1S/C7H11IO3/c8-4-6-2-1-3-10-5-7(9)11-6/h6H,1-5H2. The molecule has 0 saturated carbocycles. The average Bonchev–Trinajstić information content (AvgIpc) is 1.96. The van der Waals surface area contributed by atoms with Gasteiger partial charge in [-0.1, -0.05) is 22.6 Å². The fraction of sp³-hybridized carbons (Fsp3) is 0.857. The number of hydrogen-bond acceptors (Lipinski definition) is 3. The van der Waals surface area contributed by atoms with Gasteiger partial charge in [0.25, 0.3) is 0 Å². The number of carbonyl (C=O) groups is 1. The van der Waals surface area contributed by atoms with Crippen LogP contribution in [0.25, 0.3) is 0 Å². The van der Waals surface area contributed by atoms with Crippen molar-refractivity contribution < 1.29 is 14.3 Å². The molecule has 0 spiro atoms. The first-order chi connectivity index (χ1) is 5.33. The topological polar surface area (TPSA) is 35.5 Å². The summed E-state index contributed by atoms with van der Waals surface area (Å²) >= 11 is 2.23. The maximum Gasteiger partial charge on any atom is 0.332 e. The number of ether oxygens (including phenoxy) is 2. The van der Waals surface area contributed by atoms with Crippen LogP contribution in [-0.4, -0.2) is 29.7 Å². The largest absolute Gasteiger partial charge is 0.460 e. The minimum Gasteiger partial charge on any atom is -0.460 e. The molecule has 1 fully saturated rings. The molecular formula is C7H11IO3. The van der Waals surface area contributed by atoms with Crippen LogP contribution in [0.3, 0.4) is 0 Å². The minimum atomic E-state index is -0.230. The van der Waals surface area contributed by atoms with Crippen molar-refractivity contribution >= 4 is 28.6 Å². The first kappa shape index (κ1) is 9.25. The maximum atomic E-state index is 10.9. The van der Waals surface area contributed by atoms with Crippen molar-refractivity contribution in [1.29, 1.82) is 0 Å². The molecule has 1 saturated heterocycles. The van der Waals surface area contributed by atoms with Crippen molar-refractivity contribution in [2.75, 3.05) is 17.6 Å². The van der Waals surface area contributed by atoms with Crippen LogP contribution in [0.1, 0.15) is 12.8 Å². The lowest BCUT2D eigenvalue weighted by molar-refractivity contribution is -0.156. The SMILES string of the molecule is O=C1COCCCC(CI)O1. The first-order valence-electron chi connectivity index (χ1n) is 3.66. The highest BCUT2D eigenvalue weighted by molar-refractivity contribution is 14.1. The van der Waals surface area contributed by atoms with E-state index in [4.69, 9.17) is 9.47 Å². The summed E-state index contributed by atoms with van der Waals surface area (Å²) in [5, 5.41) is 0. The molecule has 0 N–H and O–H groups in total. The predicted octanol–water partition coefficient (Wildman–Crippen LogP) is 1.14. The van der Waals surface area contributed by atoms with Gasteiger partial charge in [0.05, 0.1) is 0 Å². The lowest BCUT2D eigenvalue weighted by Gasteiger charge is -2.18. The predicted molar refractivity (Wildman–Crippen MR) is 48.8 cm³/mol. The van der Waals surface area contributed by atoms with E-state index in [-0.39, 0.29) is 18.7 Å². The summed E-state index contributed by atoms with van der Waals surface area (Å²) in [4.78, 5) is 10.9. The van der Waals surface area contributed by atoms with Gasteiger partial charge < -0.3 is 9.47 Å². The van der Waals surface area contributed by atoms with E-state index in [9.17, 15) is 4.79 Å². The van der Waals surface area contributed by atoms with Crippen molar-refractivity contribution in [2.24, 2.45) is 0 Å². The summed E-state index contributed by atoms with van der Waals surface area (Å²) in [6, 6.07) is 0. The van der Waals surface area contributed by atoms with Crippen LogP contribution in [0.4, 0.5) is 0 Å². The van der Waals surface area contributed by atoms with Crippen LogP contribution < -0.4 is 0 Å². The molecule has 0 aromatic heterocycles. The van der Waals surface area contributed by atoms with Crippen LogP contribution in [0.2, 0.25) is 0 Å². The maximum absolute atomic E-state index is 10.9. The molecule has 0 aliphatic carbocycles. The molecule has 1 rings (SSSR count). The number of esters is 1.